The molecule has 5 heteroatoms. The summed E-state index contributed by atoms with van der Waals surface area (Å²) in [6.45, 7) is 13.0. The van der Waals surface area contributed by atoms with Crippen LogP contribution < -0.4 is 0 Å². The summed E-state index contributed by atoms with van der Waals surface area (Å²) < 4.78 is 5.38. The van der Waals surface area contributed by atoms with Gasteiger partial charge in [-0.15, -0.1) is 0 Å². The van der Waals surface area contributed by atoms with E-state index in [2.05, 4.69) is 0 Å². The van der Waals surface area contributed by atoms with Crippen LogP contribution in [0.25, 0.3) is 0 Å². The molecule has 1 saturated heterocycles. The number of nitrogens with zero attached hydrogens (tertiary/aromatic N) is 2. The molecule has 1 aliphatic heterocycles. The van der Waals surface area contributed by atoms with Crippen LogP contribution >= 0.6 is 0 Å². The molecular weight excluding hydrogens is 268 g/mol. The highest BCUT2D eigenvalue weighted by Gasteiger charge is 2.61. The first-order valence-electron chi connectivity index (χ1n) is 7.67. The van der Waals surface area contributed by atoms with E-state index in [0.29, 0.717) is 24.9 Å². The van der Waals surface area contributed by atoms with E-state index in [1.54, 1.807) is 4.90 Å². The number of carbonyl (C=O) groups excluding carboxylic acids is 2. The minimum absolute atomic E-state index is 0.0907. The molecule has 2 rings (SSSR count). The van der Waals surface area contributed by atoms with Gasteiger partial charge in [-0.2, -0.15) is 0 Å². The van der Waals surface area contributed by atoms with Crippen molar-refractivity contribution in [2.75, 3.05) is 20.1 Å². The Bertz CT molecular complexity index is 435. The SMILES string of the molecule is CN(C(=O)C1C2CN(C(=O)OC(C)(C)C)CC21)C(C)(C)C. The van der Waals surface area contributed by atoms with Crippen LogP contribution in [0.2, 0.25) is 0 Å². The second-order valence-corrected chi connectivity index (χ2v) is 8.31. The molecule has 120 valence electrons. The zero-order valence-corrected chi connectivity index (χ0v) is 14.3. The van der Waals surface area contributed by atoms with E-state index in [4.69, 9.17) is 4.74 Å². The molecule has 1 aliphatic carbocycles. The molecule has 1 saturated carbocycles. The van der Waals surface area contributed by atoms with Crippen LogP contribution in [-0.2, 0) is 9.53 Å². The van der Waals surface area contributed by atoms with Crippen molar-refractivity contribution >= 4 is 12.0 Å². The number of carbonyl (C=O) groups is 2. The molecule has 0 radical (unpaired) electrons. The number of fused-ring (bicyclic) bond motifs is 1. The van der Waals surface area contributed by atoms with Gasteiger partial charge < -0.3 is 14.5 Å². The van der Waals surface area contributed by atoms with Gasteiger partial charge in [0.25, 0.3) is 0 Å². The van der Waals surface area contributed by atoms with E-state index < -0.39 is 5.60 Å². The summed E-state index contributed by atoms with van der Waals surface area (Å²) in [7, 11) is 1.86. The highest BCUT2D eigenvalue weighted by Crippen LogP contribution is 2.53. The van der Waals surface area contributed by atoms with Crippen molar-refractivity contribution < 1.29 is 14.3 Å². The molecule has 0 aromatic carbocycles. The van der Waals surface area contributed by atoms with Crippen molar-refractivity contribution in [3.63, 3.8) is 0 Å². The molecule has 2 amide bonds. The van der Waals surface area contributed by atoms with Crippen LogP contribution in [0.15, 0.2) is 0 Å². The Morgan fingerprint density at radius 2 is 1.52 bits per heavy atom. The van der Waals surface area contributed by atoms with Gasteiger partial charge in [-0.1, -0.05) is 0 Å². The molecule has 0 spiro atoms. The van der Waals surface area contributed by atoms with Crippen molar-refractivity contribution in [2.24, 2.45) is 17.8 Å². The molecule has 1 heterocycles. The predicted octanol–water partition coefficient (Wildman–Crippen LogP) is 2.36. The lowest BCUT2D eigenvalue weighted by Gasteiger charge is -2.33. The van der Waals surface area contributed by atoms with Gasteiger partial charge in [-0.3, -0.25) is 4.79 Å². The molecule has 0 N–H and O–H groups in total. The first-order valence-corrected chi connectivity index (χ1v) is 7.67. The number of amides is 2. The zero-order valence-electron chi connectivity index (χ0n) is 14.3. The van der Waals surface area contributed by atoms with Crippen molar-refractivity contribution in [2.45, 2.75) is 52.7 Å². The molecule has 0 aromatic heterocycles. The standard InChI is InChI=1S/C16H28N2O3/c1-15(2,3)17(7)13(19)12-10-8-18(9-11(10)12)14(20)21-16(4,5)6/h10-12H,8-9H2,1-7H3. The Labute approximate surface area is 127 Å². The fraction of sp³-hybridized carbons (Fsp3) is 0.875. The normalized spacial score (nSPS) is 28.1. The number of piperidine rings is 1. The number of likely N-dealkylation sites (tertiary alicyclic amines) is 1. The molecule has 2 aliphatic rings. The first-order chi connectivity index (χ1) is 9.42. The lowest BCUT2D eigenvalue weighted by atomic mass is 10.1. The third-order valence-electron chi connectivity index (χ3n) is 4.47. The Kier molecular flexibility index (Phi) is 3.75. The molecule has 2 fully saturated rings. The van der Waals surface area contributed by atoms with Crippen molar-refractivity contribution in [3.8, 4) is 0 Å². The number of hydrogen-bond acceptors (Lipinski definition) is 3. The van der Waals surface area contributed by atoms with Gasteiger partial charge in [0.05, 0.1) is 0 Å². The van der Waals surface area contributed by atoms with Crippen LogP contribution in [0.5, 0.6) is 0 Å². The highest BCUT2D eigenvalue weighted by molar-refractivity contribution is 5.83. The third kappa shape index (κ3) is 3.33. The molecule has 2 atom stereocenters. The van der Waals surface area contributed by atoms with Crippen molar-refractivity contribution in [1.82, 2.24) is 9.80 Å². The van der Waals surface area contributed by atoms with Gasteiger partial charge in [0.15, 0.2) is 0 Å². The van der Waals surface area contributed by atoms with Crippen LogP contribution in [0.3, 0.4) is 0 Å². The van der Waals surface area contributed by atoms with Crippen LogP contribution in [0.4, 0.5) is 4.79 Å². The van der Waals surface area contributed by atoms with Crippen LogP contribution in [0.1, 0.15) is 41.5 Å². The maximum absolute atomic E-state index is 12.5. The van der Waals surface area contributed by atoms with Crippen molar-refractivity contribution in [3.05, 3.63) is 0 Å². The predicted molar refractivity (Wildman–Crippen MR) is 80.8 cm³/mol. The monoisotopic (exact) mass is 296 g/mol. The second-order valence-electron chi connectivity index (χ2n) is 8.31. The zero-order chi connectivity index (χ0) is 16.2. The Hall–Kier alpha value is -1.26. The Morgan fingerprint density at radius 1 is 1.05 bits per heavy atom. The van der Waals surface area contributed by atoms with Gasteiger partial charge in [-0.25, -0.2) is 4.79 Å². The van der Waals surface area contributed by atoms with Crippen LogP contribution in [-0.4, -0.2) is 53.1 Å². The topological polar surface area (TPSA) is 49.9 Å². The van der Waals surface area contributed by atoms with Gasteiger partial charge in [0.2, 0.25) is 5.91 Å². The number of ether oxygens (including phenoxy) is 1. The fourth-order valence-electron chi connectivity index (χ4n) is 2.92. The van der Waals surface area contributed by atoms with Crippen LogP contribution in [0, 0.1) is 17.8 Å². The summed E-state index contributed by atoms with van der Waals surface area (Å²) in [6, 6.07) is 0. The Morgan fingerprint density at radius 3 is 1.90 bits per heavy atom. The summed E-state index contributed by atoms with van der Waals surface area (Å²) in [5, 5.41) is 0. The Balaban J connectivity index is 1.88. The maximum atomic E-state index is 12.5. The van der Waals surface area contributed by atoms with E-state index in [0.717, 1.165) is 0 Å². The number of rotatable bonds is 1. The van der Waals surface area contributed by atoms with E-state index in [1.807, 2.05) is 53.5 Å². The minimum atomic E-state index is -0.467. The maximum Gasteiger partial charge on any atom is 0.410 e. The third-order valence-corrected chi connectivity index (χ3v) is 4.47. The highest BCUT2D eigenvalue weighted by atomic mass is 16.6. The first kappa shape index (κ1) is 16.1. The average Bonchev–Trinajstić information content (AvgIpc) is 2.77. The molecule has 5 nitrogen and oxygen atoms in total. The summed E-state index contributed by atoms with van der Waals surface area (Å²) >= 11 is 0. The summed E-state index contributed by atoms with van der Waals surface area (Å²) in [6.07, 6.45) is -0.259. The summed E-state index contributed by atoms with van der Waals surface area (Å²) in [5.41, 5.74) is -0.621. The van der Waals surface area contributed by atoms with E-state index in [1.165, 1.54) is 0 Å². The summed E-state index contributed by atoms with van der Waals surface area (Å²) in [5.74, 6) is 0.930. The van der Waals surface area contributed by atoms with Gasteiger partial charge in [-0.05, 0) is 53.4 Å². The van der Waals surface area contributed by atoms with Crippen molar-refractivity contribution in [1.29, 1.82) is 0 Å². The fourth-order valence-corrected chi connectivity index (χ4v) is 2.92. The minimum Gasteiger partial charge on any atom is -0.444 e. The van der Waals surface area contributed by atoms with E-state index >= 15 is 0 Å². The van der Waals surface area contributed by atoms with E-state index in [-0.39, 0.29) is 23.5 Å². The van der Waals surface area contributed by atoms with Gasteiger partial charge in [0, 0.05) is 31.6 Å². The lowest BCUT2D eigenvalue weighted by molar-refractivity contribution is -0.136. The molecule has 2 unspecified atom stereocenters. The average molecular weight is 296 g/mol. The quantitative estimate of drug-likeness (QED) is 0.746. The molecule has 21 heavy (non-hydrogen) atoms. The second kappa shape index (κ2) is 4.89. The summed E-state index contributed by atoms with van der Waals surface area (Å²) in [4.78, 5) is 28.0. The number of hydrogen-bond donors (Lipinski definition) is 0. The smallest absolute Gasteiger partial charge is 0.410 e. The largest absolute Gasteiger partial charge is 0.444 e. The molecule has 0 bridgehead atoms. The molecule has 0 aromatic rings. The van der Waals surface area contributed by atoms with E-state index in [9.17, 15) is 9.59 Å². The molecular formula is C16H28N2O3. The van der Waals surface area contributed by atoms with Gasteiger partial charge >= 0.3 is 6.09 Å². The lowest BCUT2D eigenvalue weighted by Crippen LogP contribution is -2.45. The van der Waals surface area contributed by atoms with Gasteiger partial charge in [0.1, 0.15) is 5.60 Å².